The van der Waals surface area contributed by atoms with Gasteiger partial charge in [0.15, 0.2) is 0 Å². The van der Waals surface area contributed by atoms with Gasteiger partial charge in [0.1, 0.15) is 0 Å². The fraction of sp³-hybridized carbons (Fsp3) is 0.545. The van der Waals surface area contributed by atoms with Crippen LogP contribution >= 0.6 is 11.8 Å². The van der Waals surface area contributed by atoms with Crippen molar-refractivity contribution in [3.63, 3.8) is 0 Å². The Bertz CT molecular complexity index is 285. The van der Waals surface area contributed by atoms with Crippen LogP contribution < -0.4 is 11.3 Å². The van der Waals surface area contributed by atoms with E-state index in [2.05, 4.69) is 16.5 Å². The molecule has 0 aromatic carbocycles. The molecule has 0 bridgehead atoms. The van der Waals surface area contributed by atoms with E-state index in [1.807, 2.05) is 30.1 Å². The molecule has 1 aliphatic rings. The van der Waals surface area contributed by atoms with Crippen molar-refractivity contribution in [3.05, 3.63) is 30.1 Å². The second kappa shape index (κ2) is 5.49. The minimum Gasteiger partial charge on any atom is -0.271 e. The van der Waals surface area contributed by atoms with Gasteiger partial charge in [-0.25, -0.2) is 0 Å². The van der Waals surface area contributed by atoms with Gasteiger partial charge in [0, 0.05) is 24.4 Å². The Hall–Kier alpha value is -0.580. The van der Waals surface area contributed by atoms with Crippen LogP contribution in [-0.4, -0.2) is 22.5 Å². The lowest BCUT2D eigenvalue weighted by Crippen LogP contribution is -2.42. The van der Waals surface area contributed by atoms with Gasteiger partial charge in [0.05, 0.1) is 0 Å². The largest absolute Gasteiger partial charge is 0.271 e. The van der Waals surface area contributed by atoms with Crippen LogP contribution in [0.3, 0.4) is 0 Å². The van der Waals surface area contributed by atoms with Crippen molar-refractivity contribution in [1.82, 2.24) is 10.4 Å². The van der Waals surface area contributed by atoms with Crippen LogP contribution in [0.15, 0.2) is 24.4 Å². The van der Waals surface area contributed by atoms with Crippen molar-refractivity contribution in [1.29, 1.82) is 0 Å². The summed E-state index contributed by atoms with van der Waals surface area (Å²) in [7, 11) is 0. The highest BCUT2D eigenvalue weighted by Crippen LogP contribution is 2.27. The van der Waals surface area contributed by atoms with E-state index in [1.165, 1.54) is 17.9 Å². The molecule has 0 spiro atoms. The Kier molecular flexibility index (Phi) is 4.00. The average molecular weight is 223 g/mol. The Morgan fingerprint density at radius 2 is 2.53 bits per heavy atom. The molecule has 4 heteroatoms. The molecule has 2 heterocycles. The number of nitrogens with two attached hydrogens (primary N) is 1. The van der Waals surface area contributed by atoms with Crippen molar-refractivity contribution < 1.29 is 0 Å². The summed E-state index contributed by atoms with van der Waals surface area (Å²) in [5.74, 6) is 8.80. The SMILES string of the molecule is NNC(Cc1ccccn1)C1CCSC1. The summed E-state index contributed by atoms with van der Waals surface area (Å²) in [6, 6.07) is 6.40. The third kappa shape index (κ3) is 2.93. The van der Waals surface area contributed by atoms with Crippen molar-refractivity contribution in [2.45, 2.75) is 18.9 Å². The summed E-state index contributed by atoms with van der Waals surface area (Å²) in [6.45, 7) is 0. The Labute approximate surface area is 94.8 Å². The van der Waals surface area contributed by atoms with Crippen LogP contribution in [0.25, 0.3) is 0 Å². The van der Waals surface area contributed by atoms with Gasteiger partial charge in [-0.15, -0.1) is 0 Å². The predicted molar refractivity (Wildman–Crippen MR) is 64.5 cm³/mol. The number of rotatable bonds is 4. The number of nitrogens with zero attached hydrogens (tertiary/aromatic N) is 1. The molecule has 15 heavy (non-hydrogen) atoms. The molecule has 0 saturated carbocycles. The summed E-state index contributed by atoms with van der Waals surface area (Å²) in [4.78, 5) is 4.34. The highest BCUT2D eigenvalue weighted by molar-refractivity contribution is 7.99. The average Bonchev–Trinajstić information content (AvgIpc) is 2.81. The molecule has 1 aromatic heterocycles. The van der Waals surface area contributed by atoms with Gasteiger partial charge in [-0.05, 0) is 36.0 Å². The minimum absolute atomic E-state index is 0.370. The van der Waals surface area contributed by atoms with Crippen LogP contribution in [0.1, 0.15) is 12.1 Å². The first kappa shape index (κ1) is 10.9. The highest BCUT2D eigenvalue weighted by atomic mass is 32.2. The molecule has 1 aliphatic heterocycles. The van der Waals surface area contributed by atoms with E-state index in [9.17, 15) is 0 Å². The molecule has 1 aromatic rings. The molecule has 1 saturated heterocycles. The lowest BCUT2D eigenvalue weighted by molar-refractivity contribution is 0.383. The minimum atomic E-state index is 0.370. The van der Waals surface area contributed by atoms with E-state index < -0.39 is 0 Å². The molecule has 0 radical (unpaired) electrons. The molecule has 2 atom stereocenters. The second-order valence-corrected chi connectivity index (χ2v) is 5.07. The third-order valence-electron chi connectivity index (χ3n) is 2.90. The molecule has 82 valence electrons. The summed E-state index contributed by atoms with van der Waals surface area (Å²) in [5, 5.41) is 0. The number of hydrogen-bond donors (Lipinski definition) is 2. The molecular formula is C11H17N3S. The molecule has 1 fully saturated rings. The van der Waals surface area contributed by atoms with Crippen LogP contribution in [-0.2, 0) is 6.42 Å². The van der Waals surface area contributed by atoms with Crippen LogP contribution in [0.5, 0.6) is 0 Å². The predicted octanol–water partition coefficient (Wildman–Crippen LogP) is 1.21. The van der Waals surface area contributed by atoms with E-state index in [1.54, 1.807) is 0 Å². The van der Waals surface area contributed by atoms with Gasteiger partial charge in [-0.3, -0.25) is 16.3 Å². The van der Waals surface area contributed by atoms with Crippen molar-refractivity contribution in [2.24, 2.45) is 11.8 Å². The molecule has 0 aliphatic carbocycles. The third-order valence-corrected chi connectivity index (χ3v) is 4.09. The monoisotopic (exact) mass is 223 g/mol. The van der Waals surface area contributed by atoms with Gasteiger partial charge in [-0.2, -0.15) is 11.8 Å². The first-order chi connectivity index (χ1) is 7.40. The van der Waals surface area contributed by atoms with Gasteiger partial charge < -0.3 is 0 Å². The first-order valence-electron chi connectivity index (χ1n) is 5.34. The molecule has 3 N–H and O–H groups in total. The number of thioether (sulfide) groups is 1. The molecule has 3 nitrogen and oxygen atoms in total. The van der Waals surface area contributed by atoms with E-state index in [0.29, 0.717) is 12.0 Å². The number of hydrazine groups is 1. The maximum atomic E-state index is 5.61. The topological polar surface area (TPSA) is 50.9 Å². The van der Waals surface area contributed by atoms with Gasteiger partial charge in [0.2, 0.25) is 0 Å². The first-order valence-corrected chi connectivity index (χ1v) is 6.49. The number of aromatic nitrogens is 1. The fourth-order valence-corrected chi connectivity index (χ4v) is 3.31. The van der Waals surface area contributed by atoms with Crippen LogP contribution in [0.2, 0.25) is 0 Å². The van der Waals surface area contributed by atoms with Gasteiger partial charge >= 0.3 is 0 Å². The molecule has 2 rings (SSSR count). The lowest BCUT2D eigenvalue weighted by Gasteiger charge is -2.21. The summed E-state index contributed by atoms with van der Waals surface area (Å²) in [6.07, 6.45) is 4.04. The maximum absolute atomic E-state index is 5.61. The fourth-order valence-electron chi connectivity index (χ4n) is 1.98. The summed E-state index contributed by atoms with van der Waals surface area (Å²) < 4.78 is 0. The highest BCUT2D eigenvalue weighted by Gasteiger charge is 2.24. The quantitative estimate of drug-likeness (QED) is 0.595. The summed E-state index contributed by atoms with van der Waals surface area (Å²) >= 11 is 2.02. The smallest absolute Gasteiger partial charge is 0.0419 e. The standard InChI is InChI=1S/C11H17N3S/c12-14-11(9-4-6-15-8-9)7-10-3-1-2-5-13-10/h1-3,5,9,11,14H,4,6-8,12H2. The van der Waals surface area contributed by atoms with E-state index in [-0.39, 0.29) is 0 Å². The van der Waals surface area contributed by atoms with E-state index >= 15 is 0 Å². The van der Waals surface area contributed by atoms with Gasteiger partial charge in [-0.1, -0.05) is 6.07 Å². The zero-order valence-electron chi connectivity index (χ0n) is 8.73. The van der Waals surface area contributed by atoms with Crippen LogP contribution in [0, 0.1) is 5.92 Å². The number of hydrogen-bond acceptors (Lipinski definition) is 4. The molecule has 2 unspecified atom stereocenters. The second-order valence-electron chi connectivity index (χ2n) is 3.92. The van der Waals surface area contributed by atoms with E-state index in [4.69, 9.17) is 5.84 Å². The van der Waals surface area contributed by atoms with Crippen LogP contribution in [0.4, 0.5) is 0 Å². The molecular weight excluding hydrogens is 206 g/mol. The van der Waals surface area contributed by atoms with Crippen molar-refractivity contribution in [2.75, 3.05) is 11.5 Å². The van der Waals surface area contributed by atoms with Gasteiger partial charge in [0.25, 0.3) is 0 Å². The zero-order valence-corrected chi connectivity index (χ0v) is 9.54. The Morgan fingerprint density at radius 3 is 3.13 bits per heavy atom. The van der Waals surface area contributed by atoms with Crippen molar-refractivity contribution in [3.8, 4) is 0 Å². The Balaban J connectivity index is 1.96. The number of nitrogens with one attached hydrogen (secondary N) is 1. The zero-order chi connectivity index (χ0) is 10.5. The van der Waals surface area contributed by atoms with E-state index in [0.717, 1.165) is 12.1 Å². The maximum Gasteiger partial charge on any atom is 0.0419 e. The number of pyridine rings is 1. The van der Waals surface area contributed by atoms with Crippen molar-refractivity contribution >= 4 is 11.8 Å². The Morgan fingerprint density at radius 1 is 1.60 bits per heavy atom. The summed E-state index contributed by atoms with van der Waals surface area (Å²) in [5.41, 5.74) is 4.06. The lowest BCUT2D eigenvalue weighted by atomic mass is 9.95. The normalized spacial score (nSPS) is 22.9. The molecule has 0 amide bonds.